The van der Waals surface area contributed by atoms with Gasteiger partial charge in [0.15, 0.2) is 0 Å². The molecule has 0 bridgehead atoms. The second-order valence-corrected chi connectivity index (χ2v) is 9.54. The van der Waals surface area contributed by atoms with Crippen molar-refractivity contribution in [3.63, 3.8) is 0 Å². The van der Waals surface area contributed by atoms with Gasteiger partial charge in [-0.3, -0.25) is 4.79 Å². The van der Waals surface area contributed by atoms with Crippen molar-refractivity contribution in [1.82, 2.24) is 14.3 Å². The first-order valence-electron chi connectivity index (χ1n) is 9.20. The van der Waals surface area contributed by atoms with E-state index >= 15 is 0 Å². The zero-order valence-corrected chi connectivity index (χ0v) is 17.7. The lowest BCUT2D eigenvalue weighted by Gasteiger charge is -2.26. The molecule has 0 saturated carbocycles. The molecule has 0 aliphatic carbocycles. The fourth-order valence-electron chi connectivity index (χ4n) is 2.94. The average molecular weight is 438 g/mol. The Balaban J connectivity index is 1.64. The van der Waals surface area contributed by atoms with E-state index in [1.165, 1.54) is 16.1 Å². The van der Waals surface area contributed by atoms with E-state index in [-0.39, 0.29) is 10.6 Å². The number of nitrogens with zero attached hydrogens (tertiary/aromatic N) is 3. The van der Waals surface area contributed by atoms with E-state index < -0.39 is 16.0 Å². The summed E-state index contributed by atoms with van der Waals surface area (Å²) in [4.78, 5) is 19.8. The van der Waals surface area contributed by atoms with Crippen molar-refractivity contribution >= 4 is 27.8 Å². The van der Waals surface area contributed by atoms with Crippen LogP contribution in [0.25, 0.3) is 0 Å². The van der Waals surface area contributed by atoms with Crippen LogP contribution in [0.4, 0.5) is 0 Å². The largest absolute Gasteiger partial charge is 0.481 e. The van der Waals surface area contributed by atoms with Crippen molar-refractivity contribution in [2.45, 2.75) is 29.7 Å². The Morgan fingerprint density at radius 2 is 1.86 bits per heavy atom. The van der Waals surface area contributed by atoms with Gasteiger partial charge < -0.3 is 9.84 Å². The molecule has 1 N–H and O–H groups in total. The van der Waals surface area contributed by atoms with Gasteiger partial charge in [0.1, 0.15) is 10.9 Å². The molecule has 1 fully saturated rings. The van der Waals surface area contributed by atoms with E-state index in [9.17, 15) is 13.2 Å². The third-order valence-electron chi connectivity index (χ3n) is 4.39. The molecule has 8 nitrogen and oxygen atoms in total. The first kappa shape index (κ1) is 21.7. The van der Waals surface area contributed by atoms with Crippen LogP contribution < -0.4 is 0 Å². The highest BCUT2D eigenvalue weighted by atomic mass is 32.2. The van der Waals surface area contributed by atoms with Crippen molar-refractivity contribution in [3.8, 4) is 0 Å². The Morgan fingerprint density at radius 1 is 1.17 bits per heavy atom. The molecule has 0 spiro atoms. The molecule has 0 amide bonds. The molecular formula is C19H23N3O5S2. The number of aliphatic carboxylic acids is 1. The highest BCUT2D eigenvalue weighted by Gasteiger charge is 2.26. The van der Waals surface area contributed by atoms with E-state index in [2.05, 4.69) is 9.97 Å². The maximum absolute atomic E-state index is 12.7. The van der Waals surface area contributed by atoms with Crippen molar-refractivity contribution in [3.05, 3.63) is 47.4 Å². The third-order valence-corrected chi connectivity index (χ3v) is 7.20. The summed E-state index contributed by atoms with van der Waals surface area (Å²) in [5, 5.41) is 9.45. The highest BCUT2D eigenvalue weighted by molar-refractivity contribution is 7.99. The molecule has 1 aromatic carbocycles. The number of benzene rings is 1. The topological polar surface area (TPSA) is 110 Å². The second-order valence-electron chi connectivity index (χ2n) is 6.61. The van der Waals surface area contributed by atoms with Crippen LogP contribution in [-0.2, 0) is 32.4 Å². The number of carboxylic acid groups (broad SMARTS) is 1. The highest BCUT2D eigenvalue weighted by Crippen LogP contribution is 2.19. The van der Waals surface area contributed by atoms with Crippen LogP contribution in [0.15, 0.2) is 40.3 Å². The Bertz CT molecular complexity index is 958. The Hall–Kier alpha value is -2.01. The van der Waals surface area contributed by atoms with E-state index in [0.717, 1.165) is 11.3 Å². The van der Waals surface area contributed by atoms with E-state index in [1.54, 1.807) is 18.2 Å². The standard InChI is InChI=1S/C19H23N3O5S2/c1-14-12-18(28-13-19(23)24)21-17(20-14)7-4-15-2-5-16(6-3-15)29(25,26)22-8-10-27-11-9-22/h2-3,5-6,12H,4,7-11,13H2,1H3,(H,23,24). The minimum Gasteiger partial charge on any atom is -0.481 e. The summed E-state index contributed by atoms with van der Waals surface area (Å²) in [6, 6.07) is 8.64. The van der Waals surface area contributed by atoms with Gasteiger partial charge in [0.2, 0.25) is 10.0 Å². The average Bonchev–Trinajstić information content (AvgIpc) is 2.71. The van der Waals surface area contributed by atoms with E-state index in [1.807, 2.05) is 19.1 Å². The number of aryl methyl sites for hydroxylation is 3. The van der Waals surface area contributed by atoms with Crippen molar-refractivity contribution in [2.24, 2.45) is 0 Å². The predicted molar refractivity (Wildman–Crippen MR) is 109 cm³/mol. The molecule has 156 valence electrons. The Labute approximate surface area is 174 Å². The lowest BCUT2D eigenvalue weighted by Crippen LogP contribution is -2.40. The molecule has 29 heavy (non-hydrogen) atoms. The molecule has 0 radical (unpaired) electrons. The second kappa shape index (κ2) is 9.66. The first-order valence-corrected chi connectivity index (χ1v) is 11.6. The van der Waals surface area contributed by atoms with Crippen LogP contribution in [-0.4, -0.2) is 65.8 Å². The smallest absolute Gasteiger partial charge is 0.313 e. The maximum atomic E-state index is 12.7. The van der Waals surface area contributed by atoms with Crippen LogP contribution in [0.5, 0.6) is 0 Å². The van der Waals surface area contributed by atoms with Crippen molar-refractivity contribution in [1.29, 1.82) is 0 Å². The minimum atomic E-state index is -3.49. The van der Waals surface area contributed by atoms with Gasteiger partial charge in [0.25, 0.3) is 0 Å². The fourth-order valence-corrected chi connectivity index (χ4v) is 5.04. The van der Waals surface area contributed by atoms with Crippen LogP contribution in [0, 0.1) is 6.92 Å². The number of hydrogen-bond acceptors (Lipinski definition) is 7. The SMILES string of the molecule is Cc1cc(SCC(=O)O)nc(CCc2ccc(S(=O)(=O)N3CCOCC3)cc2)n1. The number of sulfonamides is 1. The van der Waals surface area contributed by atoms with Gasteiger partial charge in [0, 0.05) is 25.2 Å². The molecule has 2 heterocycles. The number of ether oxygens (including phenoxy) is 1. The monoisotopic (exact) mass is 437 g/mol. The van der Waals surface area contributed by atoms with Gasteiger partial charge in [0.05, 0.1) is 23.9 Å². The van der Waals surface area contributed by atoms with Crippen molar-refractivity contribution in [2.75, 3.05) is 32.1 Å². The van der Waals surface area contributed by atoms with Crippen LogP contribution >= 0.6 is 11.8 Å². The number of carbonyl (C=O) groups is 1. The minimum absolute atomic E-state index is 0.0467. The molecule has 1 aromatic heterocycles. The number of thioether (sulfide) groups is 1. The van der Waals surface area contributed by atoms with Gasteiger partial charge in [-0.15, -0.1) is 0 Å². The van der Waals surface area contributed by atoms with Crippen LogP contribution in [0.1, 0.15) is 17.1 Å². The summed E-state index contributed by atoms with van der Waals surface area (Å²) >= 11 is 1.17. The lowest BCUT2D eigenvalue weighted by atomic mass is 10.1. The zero-order chi connectivity index (χ0) is 20.9. The van der Waals surface area contributed by atoms with Gasteiger partial charge in [-0.25, -0.2) is 18.4 Å². The first-order chi connectivity index (χ1) is 13.8. The molecule has 3 rings (SSSR count). The van der Waals surface area contributed by atoms with Crippen LogP contribution in [0.3, 0.4) is 0 Å². The van der Waals surface area contributed by atoms with Gasteiger partial charge in [-0.2, -0.15) is 4.31 Å². The summed E-state index contributed by atoms with van der Waals surface area (Å²) in [6.45, 7) is 3.43. The molecule has 1 saturated heterocycles. The number of aromatic nitrogens is 2. The van der Waals surface area contributed by atoms with Gasteiger partial charge >= 0.3 is 5.97 Å². The Kier molecular flexibility index (Phi) is 7.23. The van der Waals surface area contributed by atoms with Gasteiger partial charge in [-0.05, 0) is 37.1 Å². The molecule has 1 aliphatic heterocycles. The molecule has 10 heteroatoms. The summed E-state index contributed by atoms with van der Waals surface area (Å²) in [5.74, 6) is -0.294. The normalized spacial score (nSPS) is 15.3. The van der Waals surface area contributed by atoms with E-state index in [4.69, 9.17) is 9.84 Å². The number of morpholine rings is 1. The number of rotatable bonds is 8. The number of hydrogen-bond donors (Lipinski definition) is 1. The quantitative estimate of drug-likeness (QED) is 0.491. The van der Waals surface area contributed by atoms with E-state index in [0.29, 0.717) is 50.0 Å². The van der Waals surface area contributed by atoms with Crippen LogP contribution in [0.2, 0.25) is 0 Å². The zero-order valence-electron chi connectivity index (χ0n) is 16.1. The maximum Gasteiger partial charge on any atom is 0.313 e. The predicted octanol–water partition coefficient (Wildman–Crippen LogP) is 1.77. The summed E-state index contributed by atoms with van der Waals surface area (Å²) in [6.07, 6.45) is 1.24. The van der Waals surface area contributed by atoms with Crippen molar-refractivity contribution < 1.29 is 23.1 Å². The molecule has 1 aliphatic rings. The lowest BCUT2D eigenvalue weighted by molar-refractivity contribution is -0.133. The fraction of sp³-hybridized carbons (Fsp3) is 0.421. The summed E-state index contributed by atoms with van der Waals surface area (Å²) in [7, 11) is -3.49. The summed E-state index contributed by atoms with van der Waals surface area (Å²) < 4.78 is 32.0. The number of carboxylic acids is 1. The molecule has 0 unspecified atom stereocenters. The summed E-state index contributed by atoms with van der Waals surface area (Å²) in [5.41, 5.74) is 1.77. The Morgan fingerprint density at radius 3 is 2.52 bits per heavy atom. The molecular weight excluding hydrogens is 414 g/mol. The third kappa shape index (κ3) is 5.99. The molecule has 2 aromatic rings. The molecule has 0 atom stereocenters. The van der Waals surface area contributed by atoms with Gasteiger partial charge in [-0.1, -0.05) is 23.9 Å².